The highest BCUT2D eigenvalue weighted by Crippen LogP contribution is 2.21. The minimum atomic E-state index is -1.03. The summed E-state index contributed by atoms with van der Waals surface area (Å²) in [6.07, 6.45) is 1.68. The number of aryl methyl sites for hydroxylation is 2. The first-order valence-electron chi connectivity index (χ1n) is 6.38. The van der Waals surface area contributed by atoms with Crippen LogP contribution in [0, 0.1) is 6.92 Å². The molecule has 1 heterocycles. The van der Waals surface area contributed by atoms with Crippen LogP contribution in [0.25, 0.3) is 0 Å². The van der Waals surface area contributed by atoms with Gasteiger partial charge in [0.2, 0.25) is 0 Å². The smallest absolute Gasteiger partial charge is 0.339 e. The second-order valence-corrected chi connectivity index (χ2v) is 4.45. The van der Waals surface area contributed by atoms with Gasteiger partial charge in [-0.25, -0.2) is 4.79 Å². The molecule has 0 bridgehead atoms. The van der Waals surface area contributed by atoms with E-state index in [1.807, 2.05) is 13.8 Å². The second kappa shape index (κ2) is 6.18. The van der Waals surface area contributed by atoms with E-state index in [1.54, 1.807) is 12.1 Å². The van der Waals surface area contributed by atoms with E-state index < -0.39 is 5.97 Å². The summed E-state index contributed by atoms with van der Waals surface area (Å²) in [4.78, 5) is 15.3. The maximum Gasteiger partial charge on any atom is 0.339 e. The molecule has 0 fully saturated rings. The van der Waals surface area contributed by atoms with Gasteiger partial charge in [0.1, 0.15) is 11.3 Å². The molecule has 0 aliphatic heterocycles. The number of hydrogen-bond acceptors (Lipinski definition) is 5. The van der Waals surface area contributed by atoms with E-state index in [9.17, 15) is 4.79 Å². The first kappa shape index (κ1) is 14.0. The number of carboxylic acids is 1. The molecular weight excluding hydrogens is 260 g/mol. The zero-order valence-electron chi connectivity index (χ0n) is 11.4. The van der Waals surface area contributed by atoms with Gasteiger partial charge in [-0.3, -0.25) is 0 Å². The van der Waals surface area contributed by atoms with Crippen molar-refractivity contribution in [2.75, 3.05) is 0 Å². The van der Waals surface area contributed by atoms with E-state index in [1.165, 1.54) is 6.07 Å². The number of benzene rings is 1. The van der Waals surface area contributed by atoms with Gasteiger partial charge in [-0.05, 0) is 31.0 Å². The lowest BCUT2D eigenvalue weighted by Gasteiger charge is -2.07. The minimum Gasteiger partial charge on any atom is -0.483 e. The molecule has 0 radical (unpaired) electrons. The normalized spacial score (nSPS) is 10.5. The third-order valence-corrected chi connectivity index (χ3v) is 2.70. The molecule has 6 nitrogen and oxygen atoms in total. The number of carboxylic acid groups (broad SMARTS) is 1. The molecule has 0 spiro atoms. The van der Waals surface area contributed by atoms with Crippen molar-refractivity contribution in [1.82, 2.24) is 10.1 Å². The average Bonchev–Trinajstić information content (AvgIpc) is 2.84. The topological polar surface area (TPSA) is 85.5 Å². The molecule has 0 unspecified atom stereocenters. The summed E-state index contributed by atoms with van der Waals surface area (Å²) in [6.45, 7) is 3.95. The zero-order valence-corrected chi connectivity index (χ0v) is 11.4. The second-order valence-electron chi connectivity index (χ2n) is 4.45. The van der Waals surface area contributed by atoms with Crippen molar-refractivity contribution in [3.05, 3.63) is 41.0 Å². The largest absolute Gasteiger partial charge is 0.483 e. The van der Waals surface area contributed by atoms with E-state index in [4.69, 9.17) is 14.4 Å². The fraction of sp³-hybridized carbons (Fsp3) is 0.357. The van der Waals surface area contributed by atoms with Gasteiger partial charge in [-0.1, -0.05) is 18.1 Å². The van der Waals surface area contributed by atoms with Crippen LogP contribution >= 0.6 is 0 Å². The van der Waals surface area contributed by atoms with E-state index in [0.717, 1.165) is 18.4 Å². The Labute approximate surface area is 116 Å². The van der Waals surface area contributed by atoms with Crippen LogP contribution < -0.4 is 4.74 Å². The molecule has 0 saturated heterocycles. The van der Waals surface area contributed by atoms with Gasteiger partial charge in [-0.2, -0.15) is 4.98 Å². The third kappa shape index (κ3) is 3.34. The zero-order chi connectivity index (χ0) is 14.5. The SMILES string of the molecule is CCCc1noc(COc2cc(C)ccc2C(=O)O)n1. The molecular formula is C14H16N2O4. The number of rotatable bonds is 6. The summed E-state index contributed by atoms with van der Waals surface area (Å²) in [5.74, 6) is 0.241. The van der Waals surface area contributed by atoms with Crippen LogP contribution in [0.4, 0.5) is 0 Å². The van der Waals surface area contributed by atoms with Gasteiger partial charge in [-0.15, -0.1) is 0 Å². The summed E-state index contributed by atoms with van der Waals surface area (Å²) >= 11 is 0. The van der Waals surface area contributed by atoms with E-state index in [-0.39, 0.29) is 12.2 Å². The van der Waals surface area contributed by atoms with E-state index >= 15 is 0 Å². The van der Waals surface area contributed by atoms with E-state index in [0.29, 0.717) is 17.5 Å². The number of hydrogen-bond donors (Lipinski definition) is 1. The van der Waals surface area contributed by atoms with Crippen molar-refractivity contribution in [3.63, 3.8) is 0 Å². The number of aromatic nitrogens is 2. The highest BCUT2D eigenvalue weighted by atomic mass is 16.5. The molecule has 1 aromatic carbocycles. The molecule has 0 aliphatic rings. The fourth-order valence-electron chi connectivity index (χ4n) is 1.74. The minimum absolute atomic E-state index is 0.0560. The van der Waals surface area contributed by atoms with Gasteiger partial charge in [0.05, 0.1) is 0 Å². The molecule has 0 aliphatic carbocycles. The summed E-state index contributed by atoms with van der Waals surface area (Å²) in [5, 5.41) is 12.9. The summed E-state index contributed by atoms with van der Waals surface area (Å²) < 4.78 is 10.5. The van der Waals surface area contributed by atoms with Gasteiger partial charge in [0, 0.05) is 6.42 Å². The molecule has 2 aromatic rings. The molecule has 0 amide bonds. The lowest BCUT2D eigenvalue weighted by atomic mass is 10.1. The Morgan fingerprint density at radius 2 is 2.25 bits per heavy atom. The maximum atomic E-state index is 11.1. The van der Waals surface area contributed by atoms with Crippen LogP contribution in [0.1, 0.15) is 41.0 Å². The number of aromatic carboxylic acids is 1. The van der Waals surface area contributed by atoms with Gasteiger partial charge < -0.3 is 14.4 Å². The van der Waals surface area contributed by atoms with Crippen LogP contribution in [-0.4, -0.2) is 21.2 Å². The van der Waals surface area contributed by atoms with Gasteiger partial charge in [0.15, 0.2) is 12.4 Å². The molecule has 0 atom stereocenters. The third-order valence-electron chi connectivity index (χ3n) is 2.70. The predicted octanol–water partition coefficient (Wildman–Crippen LogP) is 2.61. The van der Waals surface area contributed by atoms with Crippen LogP contribution in [0.15, 0.2) is 22.7 Å². The summed E-state index contributed by atoms with van der Waals surface area (Å²) in [5.41, 5.74) is 1.03. The molecule has 1 aromatic heterocycles. The summed E-state index contributed by atoms with van der Waals surface area (Å²) in [6, 6.07) is 4.92. The predicted molar refractivity (Wildman–Crippen MR) is 70.8 cm³/mol. The molecule has 20 heavy (non-hydrogen) atoms. The Morgan fingerprint density at radius 1 is 1.45 bits per heavy atom. The lowest BCUT2D eigenvalue weighted by Crippen LogP contribution is -2.04. The molecule has 2 rings (SSSR count). The highest BCUT2D eigenvalue weighted by Gasteiger charge is 2.13. The number of nitrogens with zero attached hydrogens (tertiary/aromatic N) is 2. The Balaban J connectivity index is 2.09. The van der Waals surface area contributed by atoms with Crippen molar-refractivity contribution in [2.24, 2.45) is 0 Å². The number of carbonyl (C=O) groups is 1. The Morgan fingerprint density at radius 3 is 2.95 bits per heavy atom. The summed E-state index contributed by atoms with van der Waals surface area (Å²) in [7, 11) is 0. The quantitative estimate of drug-likeness (QED) is 0.872. The molecule has 106 valence electrons. The number of ether oxygens (including phenoxy) is 1. The van der Waals surface area contributed by atoms with Crippen LogP contribution in [0.2, 0.25) is 0 Å². The Bertz CT molecular complexity index is 607. The van der Waals surface area contributed by atoms with Crippen molar-refractivity contribution >= 4 is 5.97 Å². The molecule has 6 heteroatoms. The van der Waals surface area contributed by atoms with Crippen molar-refractivity contribution < 1.29 is 19.2 Å². The van der Waals surface area contributed by atoms with Crippen LogP contribution in [0.3, 0.4) is 0 Å². The highest BCUT2D eigenvalue weighted by molar-refractivity contribution is 5.90. The van der Waals surface area contributed by atoms with E-state index in [2.05, 4.69) is 10.1 Å². The Hall–Kier alpha value is -2.37. The first-order valence-corrected chi connectivity index (χ1v) is 6.38. The van der Waals surface area contributed by atoms with Crippen molar-refractivity contribution in [1.29, 1.82) is 0 Å². The molecule has 1 N–H and O–H groups in total. The van der Waals surface area contributed by atoms with Crippen LogP contribution in [0.5, 0.6) is 5.75 Å². The van der Waals surface area contributed by atoms with Gasteiger partial charge in [0.25, 0.3) is 5.89 Å². The first-order chi connectivity index (χ1) is 9.60. The van der Waals surface area contributed by atoms with Crippen molar-refractivity contribution in [2.45, 2.75) is 33.3 Å². The average molecular weight is 276 g/mol. The Kier molecular flexibility index (Phi) is 4.34. The molecule has 0 saturated carbocycles. The monoisotopic (exact) mass is 276 g/mol. The maximum absolute atomic E-state index is 11.1. The lowest BCUT2D eigenvalue weighted by molar-refractivity contribution is 0.0691. The standard InChI is InChI=1S/C14H16N2O4/c1-3-4-12-15-13(20-16-12)8-19-11-7-9(2)5-6-10(11)14(17)18/h5-7H,3-4,8H2,1-2H3,(H,17,18). The van der Waals surface area contributed by atoms with Gasteiger partial charge >= 0.3 is 5.97 Å². The fourth-order valence-corrected chi connectivity index (χ4v) is 1.74. The van der Waals surface area contributed by atoms with Crippen molar-refractivity contribution in [3.8, 4) is 5.75 Å². The van der Waals surface area contributed by atoms with Crippen LogP contribution in [-0.2, 0) is 13.0 Å².